The highest BCUT2D eigenvalue weighted by atomic mass is 16.6. The van der Waals surface area contributed by atoms with Gasteiger partial charge in [-0.25, -0.2) is 0 Å². The van der Waals surface area contributed by atoms with E-state index in [1.807, 2.05) is 55.5 Å². The van der Waals surface area contributed by atoms with Crippen molar-refractivity contribution in [1.29, 1.82) is 0 Å². The van der Waals surface area contributed by atoms with E-state index in [2.05, 4.69) is 10.6 Å². The van der Waals surface area contributed by atoms with Crippen molar-refractivity contribution in [2.75, 3.05) is 17.2 Å². The molecule has 2 atom stereocenters. The number of anilines is 2. The Labute approximate surface area is 202 Å². The minimum absolute atomic E-state index is 0.00973. The van der Waals surface area contributed by atoms with Crippen LogP contribution in [0.15, 0.2) is 78.0 Å². The molecule has 35 heavy (non-hydrogen) atoms. The molecule has 1 aliphatic heterocycles. The Kier molecular flexibility index (Phi) is 5.86. The Balaban J connectivity index is 1.57. The van der Waals surface area contributed by atoms with Gasteiger partial charge in [-0.2, -0.15) is 0 Å². The average molecular weight is 472 g/mol. The summed E-state index contributed by atoms with van der Waals surface area (Å²) >= 11 is 0. The minimum Gasteiger partial charge on any atom is -0.502 e. The summed E-state index contributed by atoms with van der Waals surface area (Å²) < 4.78 is 5.55. The summed E-state index contributed by atoms with van der Waals surface area (Å²) in [7, 11) is 0. The van der Waals surface area contributed by atoms with Crippen LogP contribution in [0.2, 0.25) is 0 Å². The molecule has 2 aliphatic rings. The quantitative estimate of drug-likeness (QED) is 0.324. The number of hydrogen-bond donors (Lipinski definition) is 3. The monoisotopic (exact) mass is 471 g/mol. The lowest BCUT2D eigenvalue weighted by Crippen LogP contribution is -2.26. The molecule has 8 nitrogen and oxygen atoms in total. The van der Waals surface area contributed by atoms with Gasteiger partial charge in [-0.15, -0.1) is 0 Å². The molecule has 8 heteroatoms. The molecule has 0 aromatic heterocycles. The first kappa shape index (κ1) is 22.5. The predicted molar refractivity (Wildman–Crippen MR) is 133 cm³/mol. The third kappa shape index (κ3) is 4.30. The molecule has 0 bridgehead atoms. The molecular weight excluding hydrogens is 446 g/mol. The number of aromatic hydroxyl groups is 1. The molecule has 0 saturated carbocycles. The molecule has 1 heterocycles. The van der Waals surface area contributed by atoms with E-state index in [4.69, 9.17) is 4.74 Å². The van der Waals surface area contributed by atoms with E-state index in [-0.39, 0.29) is 11.7 Å². The van der Waals surface area contributed by atoms with Gasteiger partial charge in [0.25, 0.3) is 0 Å². The van der Waals surface area contributed by atoms with Crippen molar-refractivity contribution >= 4 is 22.8 Å². The molecule has 0 fully saturated rings. The van der Waals surface area contributed by atoms with Crippen LogP contribution < -0.4 is 15.4 Å². The zero-order valence-electron chi connectivity index (χ0n) is 19.2. The smallest absolute Gasteiger partial charge is 0.311 e. The second kappa shape index (κ2) is 9.13. The summed E-state index contributed by atoms with van der Waals surface area (Å²) in [6.07, 6.45) is 0.935. The molecule has 5 rings (SSSR count). The van der Waals surface area contributed by atoms with Crippen LogP contribution in [0.3, 0.4) is 0 Å². The van der Waals surface area contributed by atoms with E-state index in [0.29, 0.717) is 30.6 Å². The number of phenolic OH excluding ortho intramolecular Hbond substituents is 1. The highest BCUT2D eigenvalue weighted by Gasteiger charge is 2.36. The Morgan fingerprint density at radius 1 is 1.03 bits per heavy atom. The number of nitro benzene ring substituents is 1. The van der Waals surface area contributed by atoms with Crippen LogP contribution in [-0.4, -0.2) is 22.4 Å². The predicted octanol–water partition coefficient (Wildman–Crippen LogP) is 5.68. The van der Waals surface area contributed by atoms with Crippen molar-refractivity contribution in [3.63, 3.8) is 0 Å². The number of phenols is 1. The summed E-state index contributed by atoms with van der Waals surface area (Å²) in [5, 5.41) is 28.3. The van der Waals surface area contributed by atoms with Gasteiger partial charge >= 0.3 is 5.69 Å². The molecule has 3 N–H and O–H groups in total. The maximum atomic E-state index is 13.6. The summed E-state index contributed by atoms with van der Waals surface area (Å²) in [6, 6.07) is 19.1. The fourth-order valence-corrected chi connectivity index (χ4v) is 4.85. The standard InChI is InChI=1S/C27H25N3O5/c1-2-35-19-10-7-16(8-11-19)18-13-22-26(25(32)15-18)27(29-21-6-4-3-5-20(21)28-22)17-9-12-24(31)23(14-17)30(33)34/h3-12,14,18,27-29,31H,2,13,15H2,1H3. The number of rotatable bonds is 5. The van der Waals surface area contributed by atoms with Gasteiger partial charge in [0.2, 0.25) is 0 Å². The number of allylic oxidation sites excluding steroid dienone is 1. The van der Waals surface area contributed by atoms with E-state index in [1.54, 1.807) is 6.07 Å². The van der Waals surface area contributed by atoms with Crippen LogP contribution in [0, 0.1) is 10.1 Å². The number of para-hydroxylation sites is 2. The molecule has 178 valence electrons. The Bertz CT molecular complexity index is 1330. The summed E-state index contributed by atoms with van der Waals surface area (Å²) in [4.78, 5) is 24.4. The molecule has 0 radical (unpaired) electrons. The van der Waals surface area contributed by atoms with E-state index < -0.39 is 22.4 Å². The minimum atomic E-state index is -0.623. The number of fused-ring (bicyclic) bond motifs is 1. The molecule has 0 amide bonds. The largest absolute Gasteiger partial charge is 0.502 e. The van der Waals surface area contributed by atoms with Crippen molar-refractivity contribution in [2.45, 2.75) is 31.7 Å². The lowest BCUT2D eigenvalue weighted by Gasteiger charge is -2.30. The Morgan fingerprint density at radius 2 is 1.74 bits per heavy atom. The highest BCUT2D eigenvalue weighted by Crippen LogP contribution is 2.45. The Morgan fingerprint density at radius 3 is 2.46 bits per heavy atom. The number of nitrogens with one attached hydrogen (secondary N) is 2. The number of nitro groups is 1. The molecule has 0 spiro atoms. The van der Waals surface area contributed by atoms with Crippen molar-refractivity contribution in [2.24, 2.45) is 0 Å². The number of ketones is 1. The summed E-state index contributed by atoms with van der Waals surface area (Å²) in [5.74, 6) is 0.340. The normalized spacial score (nSPS) is 19.1. The molecule has 2 unspecified atom stereocenters. The van der Waals surface area contributed by atoms with Crippen LogP contribution in [-0.2, 0) is 4.79 Å². The number of carbonyl (C=O) groups excluding carboxylic acids is 1. The molecule has 3 aromatic rings. The van der Waals surface area contributed by atoms with Crippen molar-refractivity contribution in [1.82, 2.24) is 0 Å². The zero-order valence-corrected chi connectivity index (χ0v) is 19.2. The first-order chi connectivity index (χ1) is 16.9. The second-order valence-corrected chi connectivity index (χ2v) is 8.68. The first-order valence-corrected chi connectivity index (χ1v) is 11.5. The van der Waals surface area contributed by atoms with Crippen LogP contribution >= 0.6 is 0 Å². The van der Waals surface area contributed by atoms with Gasteiger partial charge in [-0.3, -0.25) is 14.9 Å². The van der Waals surface area contributed by atoms with Gasteiger partial charge in [-0.1, -0.05) is 30.3 Å². The lowest BCUT2D eigenvalue weighted by atomic mass is 9.78. The number of ether oxygens (including phenoxy) is 1. The summed E-state index contributed by atoms with van der Waals surface area (Å²) in [6.45, 7) is 2.52. The van der Waals surface area contributed by atoms with E-state index in [0.717, 1.165) is 28.4 Å². The van der Waals surface area contributed by atoms with Crippen LogP contribution in [0.25, 0.3) is 0 Å². The average Bonchev–Trinajstić information content (AvgIpc) is 3.02. The number of hydrogen-bond acceptors (Lipinski definition) is 7. The van der Waals surface area contributed by atoms with Gasteiger partial charge < -0.3 is 20.5 Å². The number of carbonyl (C=O) groups is 1. The third-order valence-electron chi connectivity index (χ3n) is 6.50. The van der Waals surface area contributed by atoms with Gasteiger partial charge in [0.05, 0.1) is 28.9 Å². The van der Waals surface area contributed by atoms with E-state index in [9.17, 15) is 20.0 Å². The molecule has 3 aromatic carbocycles. The lowest BCUT2D eigenvalue weighted by molar-refractivity contribution is -0.385. The Hall–Kier alpha value is -4.33. The van der Waals surface area contributed by atoms with E-state index >= 15 is 0 Å². The van der Waals surface area contributed by atoms with Crippen molar-refractivity contribution < 1.29 is 19.6 Å². The van der Waals surface area contributed by atoms with Gasteiger partial charge in [0.15, 0.2) is 11.5 Å². The SMILES string of the molecule is CCOc1ccc(C2CC(=O)C3=C(C2)Nc2ccccc2NC3c2ccc(O)c([N+](=O)[O-])c2)cc1. The number of Topliss-reactive ketones (excluding diaryl/α,β-unsaturated/α-hetero) is 1. The van der Waals surface area contributed by atoms with E-state index in [1.165, 1.54) is 12.1 Å². The second-order valence-electron chi connectivity index (χ2n) is 8.68. The first-order valence-electron chi connectivity index (χ1n) is 11.5. The van der Waals surface area contributed by atoms with Crippen LogP contribution in [0.1, 0.15) is 42.9 Å². The fourth-order valence-electron chi connectivity index (χ4n) is 4.85. The highest BCUT2D eigenvalue weighted by molar-refractivity contribution is 6.01. The summed E-state index contributed by atoms with van der Waals surface area (Å²) in [5.41, 5.74) is 4.16. The topological polar surface area (TPSA) is 114 Å². The molecule has 0 saturated heterocycles. The molecule has 1 aliphatic carbocycles. The zero-order chi connectivity index (χ0) is 24.5. The fraction of sp³-hybridized carbons (Fsp3) is 0.222. The maximum Gasteiger partial charge on any atom is 0.311 e. The van der Waals surface area contributed by atoms with Crippen LogP contribution in [0.4, 0.5) is 17.1 Å². The van der Waals surface area contributed by atoms with Gasteiger partial charge in [-0.05, 0) is 60.7 Å². The maximum absolute atomic E-state index is 13.6. The van der Waals surface area contributed by atoms with Crippen LogP contribution in [0.5, 0.6) is 11.5 Å². The van der Waals surface area contributed by atoms with Crippen molar-refractivity contribution in [3.8, 4) is 11.5 Å². The number of benzene rings is 3. The number of nitrogens with zero attached hydrogens (tertiary/aromatic N) is 1. The molecular formula is C27H25N3O5. The van der Waals surface area contributed by atoms with Crippen molar-refractivity contribution in [3.05, 3.63) is 99.2 Å². The third-order valence-corrected chi connectivity index (χ3v) is 6.50. The van der Waals surface area contributed by atoms with Gasteiger partial charge in [0.1, 0.15) is 5.75 Å². The van der Waals surface area contributed by atoms with Gasteiger partial charge in [0, 0.05) is 23.8 Å².